The Morgan fingerprint density at radius 2 is 1.00 bits per heavy atom. The molecular formula is C26H36N2O4. The van der Waals surface area contributed by atoms with Crippen LogP contribution >= 0.6 is 0 Å². The van der Waals surface area contributed by atoms with E-state index >= 15 is 0 Å². The van der Waals surface area contributed by atoms with Crippen molar-refractivity contribution in [1.29, 1.82) is 0 Å². The fourth-order valence-corrected chi connectivity index (χ4v) is 3.06. The fourth-order valence-electron chi connectivity index (χ4n) is 3.06. The Morgan fingerprint density at radius 3 is 1.34 bits per heavy atom. The molecule has 2 unspecified atom stereocenters. The minimum Gasteiger partial charge on any atom is -0.481 e. The zero-order valence-corrected chi connectivity index (χ0v) is 19.6. The minimum atomic E-state index is -0.531. The summed E-state index contributed by atoms with van der Waals surface area (Å²) in [5, 5.41) is 5.83. The van der Waals surface area contributed by atoms with Crippen LogP contribution in [0.2, 0.25) is 0 Å². The van der Waals surface area contributed by atoms with Gasteiger partial charge < -0.3 is 20.1 Å². The van der Waals surface area contributed by atoms with Gasteiger partial charge in [-0.1, -0.05) is 48.2 Å². The number of carbonyl (C=O) groups excluding carboxylic acids is 2. The van der Waals surface area contributed by atoms with Crippen LogP contribution in [0, 0.1) is 13.8 Å². The number of amides is 2. The standard InChI is InChI=1S/C26H36N2O4/c1-19-9-13-23(14-10-19)31-21(3)25(29)27-17-7-5-6-8-18-28-26(30)22(4)32-24-15-11-20(2)12-16-24/h9-16,21-22H,5-8,17-18H2,1-4H3,(H,27,29)(H,28,30). The van der Waals surface area contributed by atoms with Crippen LogP contribution in [0.4, 0.5) is 0 Å². The average molecular weight is 441 g/mol. The first-order chi connectivity index (χ1) is 15.3. The third-order valence-corrected chi connectivity index (χ3v) is 5.11. The summed E-state index contributed by atoms with van der Waals surface area (Å²) >= 11 is 0. The Hall–Kier alpha value is -3.02. The zero-order chi connectivity index (χ0) is 23.3. The molecule has 0 aliphatic heterocycles. The predicted molar refractivity (Wildman–Crippen MR) is 127 cm³/mol. The van der Waals surface area contributed by atoms with Crippen molar-refractivity contribution in [3.05, 3.63) is 59.7 Å². The maximum absolute atomic E-state index is 12.1. The summed E-state index contributed by atoms with van der Waals surface area (Å²) in [6, 6.07) is 15.3. The largest absolute Gasteiger partial charge is 0.481 e. The third-order valence-electron chi connectivity index (χ3n) is 5.11. The maximum Gasteiger partial charge on any atom is 0.260 e. The van der Waals surface area contributed by atoms with Crippen molar-refractivity contribution >= 4 is 11.8 Å². The Labute approximate surface area is 191 Å². The van der Waals surface area contributed by atoms with Crippen molar-refractivity contribution in [1.82, 2.24) is 10.6 Å². The van der Waals surface area contributed by atoms with Gasteiger partial charge in [0.25, 0.3) is 11.8 Å². The van der Waals surface area contributed by atoms with Gasteiger partial charge in [-0.2, -0.15) is 0 Å². The lowest BCUT2D eigenvalue weighted by atomic mass is 10.2. The summed E-state index contributed by atoms with van der Waals surface area (Å²) in [5.41, 5.74) is 2.30. The highest BCUT2D eigenvalue weighted by Crippen LogP contribution is 2.14. The molecule has 0 aromatic heterocycles. The van der Waals surface area contributed by atoms with Crippen LogP contribution in [-0.4, -0.2) is 37.1 Å². The van der Waals surface area contributed by atoms with Crippen molar-refractivity contribution in [3.8, 4) is 11.5 Å². The second kappa shape index (κ2) is 13.4. The SMILES string of the molecule is Cc1ccc(OC(C)C(=O)NCCCCCCNC(=O)C(C)Oc2ccc(C)cc2)cc1. The van der Waals surface area contributed by atoms with Gasteiger partial charge in [-0.05, 0) is 64.8 Å². The Morgan fingerprint density at radius 1 is 0.656 bits per heavy atom. The van der Waals surface area contributed by atoms with Crippen LogP contribution in [-0.2, 0) is 9.59 Å². The normalized spacial score (nSPS) is 12.5. The number of aryl methyl sites for hydroxylation is 2. The molecule has 2 atom stereocenters. The van der Waals surface area contributed by atoms with E-state index in [4.69, 9.17) is 9.47 Å². The maximum atomic E-state index is 12.1. The molecule has 6 heteroatoms. The molecule has 0 fully saturated rings. The number of unbranched alkanes of at least 4 members (excludes halogenated alkanes) is 3. The molecule has 2 aromatic rings. The van der Waals surface area contributed by atoms with E-state index in [0.29, 0.717) is 24.6 Å². The summed E-state index contributed by atoms with van der Waals surface area (Å²) in [6.07, 6.45) is 2.69. The Kier molecular flexibility index (Phi) is 10.6. The molecule has 2 aromatic carbocycles. The second-order valence-corrected chi connectivity index (χ2v) is 8.14. The van der Waals surface area contributed by atoms with Gasteiger partial charge in [-0.15, -0.1) is 0 Å². The van der Waals surface area contributed by atoms with Crippen molar-refractivity contribution in [3.63, 3.8) is 0 Å². The monoisotopic (exact) mass is 440 g/mol. The summed E-state index contributed by atoms with van der Waals surface area (Å²) in [6.45, 7) is 8.76. The van der Waals surface area contributed by atoms with E-state index in [-0.39, 0.29) is 11.8 Å². The summed E-state index contributed by atoms with van der Waals surface area (Å²) in [7, 11) is 0. The van der Waals surface area contributed by atoms with Gasteiger partial charge in [0.2, 0.25) is 0 Å². The first-order valence-electron chi connectivity index (χ1n) is 11.4. The quantitative estimate of drug-likeness (QED) is 0.455. The second-order valence-electron chi connectivity index (χ2n) is 8.14. The first kappa shape index (κ1) is 25.2. The van der Waals surface area contributed by atoms with Gasteiger partial charge in [0, 0.05) is 13.1 Å². The molecular weight excluding hydrogens is 404 g/mol. The molecule has 0 aliphatic carbocycles. The molecule has 2 amide bonds. The lowest BCUT2D eigenvalue weighted by Crippen LogP contribution is -2.37. The summed E-state index contributed by atoms with van der Waals surface area (Å²) < 4.78 is 11.3. The molecule has 6 nitrogen and oxygen atoms in total. The number of rotatable bonds is 13. The highest BCUT2D eigenvalue weighted by Gasteiger charge is 2.15. The van der Waals surface area contributed by atoms with Crippen molar-refractivity contribution in [2.75, 3.05) is 13.1 Å². The molecule has 0 spiro atoms. The number of hydrogen-bond donors (Lipinski definition) is 2. The molecule has 174 valence electrons. The summed E-state index contributed by atoms with van der Waals surface area (Å²) in [5.74, 6) is 1.17. The van der Waals surface area contributed by atoms with E-state index in [1.807, 2.05) is 62.4 Å². The Bertz CT molecular complexity index is 762. The number of ether oxygens (including phenoxy) is 2. The van der Waals surface area contributed by atoms with Gasteiger partial charge in [-0.3, -0.25) is 9.59 Å². The van der Waals surface area contributed by atoms with E-state index in [1.165, 1.54) is 0 Å². The van der Waals surface area contributed by atoms with Crippen LogP contribution in [0.5, 0.6) is 11.5 Å². The van der Waals surface area contributed by atoms with Gasteiger partial charge in [0.1, 0.15) is 11.5 Å². The van der Waals surface area contributed by atoms with Crippen LogP contribution in [0.15, 0.2) is 48.5 Å². The van der Waals surface area contributed by atoms with Crippen molar-refractivity contribution in [2.24, 2.45) is 0 Å². The predicted octanol–water partition coefficient (Wildman–Crippen LogP) is 4.33. The third kappa shape index (κ3) is 9.41. The average Bonchev–Trinajstić information content (AvgIpc) is 2.78. The number of carbonyl (C=O) groups is 2. The number of hydrogen-bond acceptors (Lipinski definition) is 4. The molecule has 32 heavy (non-hydrogen) atoms. The van der Waals surface area contributed by atoms with E-state index in [1.54, 1.807) is 13.8 Å². The number of nitrogens with one attached hydrogen (secondary N) is 2. The lowest BCUT2D eigenvalue weighted by molar-refractivity contribution is -0.128. The van der Waals surface area contributed by atoms with Crippen LogP contribution in [0.1, 0.15) is 50.7 Å². The van der Waals surface area contributed by atoms with Gasteiger partial charge >= 0.3 is 0 Å². The minimum absolute atomic E-state index is 0.111. The zero-order valence-electron chi connectivity index (χ0n) is 19.6. The summed E-state index contributed by atoms with van der Waals surface area (Å²) in [4.78, 5) is 24.3. The lowest BCUT2D eigenvalue weighted by Gasteiger charge is -2.15. The molecule has 0 aliphatic rings. The van der Waals surface area contributed by atoms with E-state index in [0.717, 1.165) is 36.8 Å². The number of benzene rings is 2. The molecule has 0 saturated carbocycles. The van der Waals surface area contributed by atoms with Gasteiger partial charge in [0.05, 0.1) is 0 Å². The first-order valence-corrected chi connectivity index (χ1v) is 11.4. The highest BCUT2D eigenvalue weighted by atomic mass is 16.5. The van der Waals surface area contributed by atoms with Crippen LogP contribution < -0.4 is 20.1 Å². The van der Waals surface area contributed by atoms with Crippen molar-refractivity contribution in [2.45, 2.75) is 65.6 Å². The van der Waals surface area contributed by atoms with Crippen molar-refractivity contribution < 1.29 is 19.1 Å². The van der Waals surface area contributed by atoms with E-state index in [2.05, 4.69) is 10.6 Å². The highest BCUT2D eigenvalue weighted by molar-refractivity contribution is 5.81. The molecule has 0 radical (unpaired) electrons. The van der Waals surface area contributed by atoms with Gasteiger partial charge in [-0.25, -0.2) is 0 Å². The fraction of sp³-hybridized carbons (Fsp3) is 0.462. The molecule has 0 heterocycles. The van der Waals surface area contributed by atoms with Crippen LogP contribution in [0.25, 0.3) is 0 Å². The van der Waals surface area contributed by atoms with Crippen LogP contribution in [0.3, 0.4) is 0 Å². The Balaban J connectivity index is 1.49. The van der Waals surface area contributed by atoms with Gasteiger partial charge in [0.15, 0.2) is 12.2 Å². The molecule has 0 bridgehead atoms. The molecule has 2 N–H and O–H groups in total. The van der Waals surface area contributed by atoms with E-state index in [9.17, 15) is 9.59 Å². The molecule has 0 saturated heterocycles. The van der Waals surface area contributed by atoms with E-state index < -0.39 is 12.2 Å². The molecule has 2 rings (SSSR count). The topological polar surface area (TPSA) is 76.7 Å². The smallest absolute Gasteiger partial charge is 0.260 e.